The standard InChI is InChI=1S/C51H32N6/c1-2-16-33(17-3-1)34-30-31-48(55-42-24-10-4-18-35(42)36-19-5-11-25-43(36)55)41(32-34)49-52-50(56-44-26-12-6-20-37(44)38-21-7-13-27-45(38)56)54-51(53-49)57-46-28-14-8-22-39(46)40-23-9-15-29-47(40)57/h1-32H/i1D,2D,3D,6D,12D,16D,17D,20D,26D. The summed E-state index contributed by atoms with van der Waals surface area (Å²) in [4.78, 5) is 15.8. The number of hydrogen-bond acceptors (Lipinski definition) is 3. The molecule has 0 atom stereocenters. The fourth-order valence-corrected chi connectivity index (χ4v) is 8.33. The predicted molar refractivity (Wildman–Crippen MR) is 234 cm³/mol. The lowest BCUT2D eigenvalue weighted by atomic mass is 10.0. The predicted octanol–water partition coefficient (Wildman–Crippen LogP) is 12.5. The Morgan fingerprint density at radius 3 is 1.33 bits per heavy atom. The van der Waals surface area contributed by atoms with Gasteiger partial charge in [-0.2, -0.15) is 15.0 Å². The molecule has 4 heterocycles. The number of aromatic nitrogens is 6. The van der Waals surface area contributed by atoms with Gasteiger partial charge >= 0.3 is 0 Å². The molecule has 0 saturated heterocycles. The van der Waals surface area contributed by atoms with Crippen LogP contribution < -0.4 is 0 Å². The van der Waals surface area contributed by atoms with Crippen LogP contribution in [0.5, 0.6) is 0 Å². The topological polar surface area (TPSA) is 53.5 Å². The van der Waals surface area contributed by atoms with E-state index < -0.39 is 24.2 Å². The van der Waals surface area contributed by atoms with Gasteiger partial charge in [0.1, 0.15) is 0 Å². The highest BCUT2D eigenvalue weighted by molar-refractivity contribution is 6.11. The lowest BCUT2D eigenvalue weighted by Gasteiger charge is -2.17. The number of rotatable bonds is 5. The van der Waals surface area contributed by atoms with Crippen LogP contribution in [0.1, 0.15) is 12.3 Å². The zero-order chi connectivity index (χ0) is 45.3. The van der Waals surface area contributed by atoms with Crippen molar-refractivity contribution in [3.8, 4) is 40.1 Å². The average Bonchev–Trinajstić information content (AvgIpc) is 4.00. The van der Waals surface area contributed by atoms with Crippen LogP contribution in [0.2, 0.25) is 0 Å². The van der Waals surface area contributed by atoms with Crippen LogP contribution >= 0.6 is 0 Å². The Morgan fingerprint density at radius 2 is 0.789 bits per heavy atom. The second-order valence-electron chi connectivity index (χ2n) is 13.8. The number of hydrogen-bond donors (Lipinski definition) is 0. The highest BCUT2D eigenvalue weighted by Gasteiger charge is 2.23. The third-order valence-electron chi connectivity index (χ3n) is 10.7. The lowest BCUT2D eigenvalue weighted by Crippen LogP contribution is -2.11. The second kappa shape index (κ2) is 12.3. The van der Waals surface area contributed by atoms with Crippen molar-refractivity contribution in [1.82, 2.24) is 28.7 Å². The first-order valence-electron chi connectivity index (χ1n) is 23.0. The first kappa shape index (κ1) is 23.8. The van der Waals surface area contributed by atoms with E-state index in [9.17, 15) is 1.37 Å². The van der Waals surface area contributed by atoms with Gasteiger partial charge in [0.2, 0.25) is 11.9 Å². The maximum atomic E-state index is 9.30. The molecule has 0 unspecified atom stereocenters. The van der Waals surface area contributed by atoms with Crippen molar-refractivity contribution in [3.05, 3.63) is 194 Å². The number of para-hydroxylation sites is 6. The Balaban J connectivity index is 1.27. The average molecular weight is 738 g/mol. The molecule has 12 aromatic rings. The molecule has 0 amide bonds. The highest BCUT2D eigenvalue weighted by Crippen LogP contribution is 2.39. The van der Waals surface area contributed by atoms with Crippen LogP contribution in [-0.2, 0) is 0 Å². The van der Waals surface area contributed by atoms with Gasteiger partial charge in [-0.15, -0.1) is 0 Å². The Labute approximate surface area is 339 Å². The quantitative estimate of drug-likeness (QED) is 0.177. The molecule has 266 valence electrons. The van der Waals surface area contributed by atoms with Crippen molar-refractivity contribution < 1.29 is 12.3 Å². The fourth-order valence-electron chi connectivity index (χ4n) is 8.33. The van der Waals surface area contributed by atoms with Crippen molar-refractivity contribution >= 4 is 65.4 Å². The fraction of sp³-hybridized carbons (Fsp3) is 0. The van der Waals surface area contributed by atoms with Crippen LogP contribution in [-0.4, -0.2) is 28.7 Å². The van der Waals surface area contributed by atoms with Crippen LogP contribution in [0.25, 0.3) is 106 Å². The van der Waals surface area contributed by atoms with Gasteiger partial charge in [0.25, 0.3) is 0 Å². The molecule has 4 aromatic heterocycles. The van der Waals surface area contributed by atoms with Gasteiger partial charge in [-0.3, -0.25) is 9.13 Å². The minimum Gasteiger partial charge on any atom is -0.309 e. The number of benzene rings is 8. The van der Waals surface area contributed by atoms with Gasteiger partial charge in [0, 0.05) is 37.9 Å². The molecule has 0 aliphatic heterocycles. The second-order valence-corrected chi connectivity index (χ2v) is 13.8. The molecule has 0 fully saturated rings. The normalized spacial score (nSPS) is 14.1. The van der Waals surface area contributed by atoms with Crippen LogP contribution in [0.15, 0.2) is 194 Å². The molecule has 57 heavy (non-hydrogen) atoms. The van der Waals surface area contributed by atoms with Gasteiger partial charge in [0.05, 0.1) is 51.1 Å². The Bertz CT molecular complexity index is 3940. The summed E-state index contributed by atoms with van der Waals surface area (Å²) >= 11 is 0. The molecule has 0 N–H and O–H groups in total. The summed E-state index contributed by atoms with van der Waals surface area (Å²) in [7, 11) is 0. The van der Waals surface area contributed by atoms with E-state index in [0.29, 0.717) is 33.1 Å². The monoisotopic (exact) mass is 737 g/mol. The van der Waals surface area contributed by atoms with Crippen molar-refractivity contribution in [2.45, 2.75) is 0 Å². The first-order valence-corrected chi connectivity index (χ1v) is 18.5. The summed E-state index contributed by atoms with van der Waals surface area (Å²) in [6, 6.07) is 41.1. The summed E-state index contributed by atoms with van der Waals surface area (Å²) in [5.41, 5.74) is 5.49. The zero-order valence-corrected chi connectivity index (χ0v) is 30.0. The third-order valence-corrected chi connectivity index (χ3v) is 10.7. The van der Waals surface area contributed by atoms with E-state index in [1.807, 2.05) is 120 Å². The summed E-state index contributed by atoms with van der Waals surface area (Å²) in [5.74, 6) is 0.421. The molecule has 0 saturated carbocycles. The molecule has 6 heteroatoms. The van der Waals surface area contributed by atoms with Crippen LogP contribution in [0.4, 0.5) is 0 Å². The van der Waals surface area contributed by atoms with Crippen LogP contribution in [0, 0.1) is 0 Å². The third kappa shape index (κ3) is 4.74. The SMILES string of the molecule is [2H]c1c([2H])c([2H])c(-c2ccc(-n3c4ccccc4c4ccccc43)c(-c3nc(-n4c5ccccc5c5ccccc54)nc(-n4c5ccccc5c5c([2H])c([2H])c([2H])c([2H])c54)n3)c2)c([2H])c1[2H]. The number of nitrogens with zero attached hydrogens (tertiary/aromatic N) is 6. The van der Waals surface area contributed by atoms with E-state index in [1.54, 1.807) is 16.7 Å². The van der Waals surface area contributed by atoms with E-state index in [1.165, 1.54) is 0 Å². The van der Waals surface area contributed by atoms with Gasteiger partial charge in [-0.25, -0.2) is 0 Å². The smallest absolute Gasteiger partial charge is 0.240 e. The molecular formula is C51H32N6. The summed E-state index contributed by atoms with van der Waals surface area (Å²) in [6.07, 6.45) is 0. The van der Waals surface area contributed by atoms with Gasteiger partial charge in [-0.05, 0) is 59.6 Å². The highest BCUT2D eigenvalue weighted by atomic mass is 15.3. The molecule has 8 aromatic carbocycles. The largest absolute Gasteiger partial charge is 0.309 e. The molecule has 12 rings (SSSR count). The molecule has 0 aliphatic rings. The Hall–Kier alpha value is -7.83. The van der Waals surface area contributed by atoms with Gasteiger partial charge in [-0.1, -0.05) is 145 Å². The maximum Gasteiger partial charge on any atom is 0.240 e. The van der Waals surface area contributed by atoms with Crippen LogP contribution in [0.3, 0.4) is 0 Å². The van der Waals surface area contributed by atoms with E-state index in [-0.39, 0.29) is 59.0 Å². The minimum atomic E-state index is -0.502. The Morgan fingerprint density at radius 1 is 0.351 bits per heavy atom. The molecular weight excluding hydrogens is 697 g/mol. The molecule has 0 aliphatic carbocycles. The van der Waals surface area contributed by atoms with E-state index >= 15 is 0 Å². The van der Waals surface area contributed by atoms with E-state index in [0.717, 1.165) is 43.6 Å². The Kier molecular flexibility index (Phi) is 5.17. The van der Waals surface area contributed by atoms with Gasteiger partial charge in [0.15, 0.2) is 5.82 Å². The van der Waals surface area contributed by atoms with E-state index in [2.05, 4.69) is 16.7 Å². The molecule has 0 radical (unpaired) electrons. The molecule has 0 bridgehead atoms. The van der Waals surface area contributed by atoms with Crippen molar-refractivity contribution in [1.29, 1.82) is 0 Å². The van der Waals surface area contributed by atoms with E-state index in [4.69, 9.17) is 25.9 Å². The van der Waals surface area contributed by atoms with Crippen molar-refractivity contribution in [2.75, 3.05) is 0 Å². The van der Waals surface area contributed by atoms with Crippen molar-refractivity contribution in [3.63, 3.8) is 0 Å². The number of fused-ring (bicyclic) bond motifs is 9. The molecule has 6 nitrogen and oxygen atoms in total. The van der Waals surface area contributed by atoms with Gasteiger partial charge < -0.3 is 4.57 Å². The molecule has 0 spiro atoms. The summed E-state index contributed by atoms with van der Waals surface area (Å²) < 4.78 is 85.0. The maximum absolute atomic E-state index is 9.30. The minimum absolute atomic E-state index is 0.00585. The zero-order valence-electron chi connectivity index (χ0n) is 39.0. The summed E-state index contributed by atoms with van der Waals surface area (Å²) in [5, 5.41) is 4.79. The summed E-state index contributed by atoms with van der Waals surface area (Å²) in [6.45, 7) is 0. The first-order chi connectivity index (χ1) is 32.0. The van der Waals surface area contributed by atoms with Crippen molar-refractivity contribution in [2.24, 2.45) is 0 Å². The lowest BCUT2D eigenvalue weighted by molar-refractivity contribution is 0.892.